The fourth-order valence-electron chi connectivity index (χ4n) is 3.72. The van der Waals surface area contributed by atoms with Crippen molar-refractivity contribution in [3.63, 3.8) is 0 Å². The van der Waals surface area contributed by atoms with E-state index in [0.717, 1.165) is 38.0 Å². The molecule has 0 saturated carbocycles. The number of benzene rings is 1. The summed E-state index contributed by atoms with van der Waals surface area (Å²) in [6, 6.07) is 5.57. The normalized spacial score (nSPS) is 26.0. The van der Waals surface area contributed by atoms with Crippen LogP contribution >= 0.6 is 0 Å². The second-order valence-corrected chi connectivity index (χ2v) is 6.34. The summed E-state index contributed by atoms with van der Waals surface area (Å²) in [4.78, 5) is 14.8. The molecule has 1 aromatic carbocycles. The molecule has 0 spiro atoms. The van der Waals surface area contributed by atoms with E-state index in [-0.39, 0.29) is 11.7 Å². The number of carbonyl (C=O) groups is 1. The predicted molar refractivity (Wildman–Crippen MR) is 82.5 cm³/mol. The van der Waals surface area contributed by atoms with Crippen LogP contribution < -0.4 is 5.32 Å². The molecular formula is C17H24N2O2. The van der Waals surface area contributed by atoms with E-state index in [9.17, 15) is 9.90 Å². The second kappa shape index (κ2) is 6.06. The van der Waals surface area contributed by atoms with Gasteiger partial charge in [0.15, 0.2) is 0 Å². The van der Waals surface area contributed by atoms with E-state index in [1.165, 1.54) is 12.8 Å². The van der Waals surface area contributed by atoms with Gasteiger partial charge in [-0.1, -0.05) is 11.6 Å². The van der Waals surface area contributed by atoms with Gasteiger partial charge < -0.3 is 15.3 Å². The highest BCUT2D eigenvalue weighted by Crippen LogP contribution is 2.31. The molecule has 3 rings (SSSR count). The molecule has 2 unspecified atom stereocenters. The quantitative estimate of drug-likeness (QED) is 0.878. The van der Waals surface area contributed by atoms with Gasteiger partial charge in [-0.25, -0.2) is 0 Å². The van der Waals surface area contributed by atoms with Crippen LogP contribution in [0.1, 0.15) is 41.6 Å². The van der Waals surface area contributed by atoms with E-state index in [4.69, 9.17) is 0 Å². The number of piperidine rings is 1. The molecule has 2 aliphatic rings. The molecule has 1 aromatic rings. The summed E-state index contributed by atoms with van der Waals surface area (Å²) in [6.45, 7) is 4.86. The average Bonchev–Trinajstić information content (AvgIpc) is 2.99. The van der Waals surface area contributed by atoms with Gasteiger partial charge in [0.05, 0.1) is 5.56 Å². The minimum Gasteiger partial charge on any atom is -0.507 e. The van der Waals surface area contributed by atoms with Crippen LogP contribution in [-0.4, -0.2) is 41.6 Å². The van der Waals surface area contributed by atoms with Crippen molar-refractivity contribution in [3.05, 3.63) is 29.3 Å². The maximum atomic E-state index is 12.8. The average molecular weight is 288 g/mol. The lowest BCUT2D eigenvalue weighted by Gasteiger charge is -2.34. The van der Waals surface area contributed by atoms with Crippen molar-refractivity contribution in [2.24, 2.45) is 5.92 Å². The standard InChI is InChI=1S/C17H24N2O2/c1-12-6-7-16(20)14(10-12)17(21)19-9-3-5-15(19)13-4-2-8-18-11-13/h6-7,10,13,15,18,20H,2-5,8-9,11H2,1H3. The molecule has 2 heterocycles. The van der Waals surface area contributed by atoms with Crippen LogP contribution in [0, 0.1) is 12.8 Å². The van der Waals surface area contributed by atoms with Crippen molar-refractivity contribution in [2.75, 3.05) is 19.6 Å². The number of amides is 1. The molecule has 2 N–H and O–H groups in total. The summed E-state index contributed by atoms with van der Waals surface area (Å²) in [5.41, 5.74) is 1.46. The van der Waals surface area contributed by atoms with E-state index in [0.29, 0.717) is 17.5 Å². The molecule has 114 valence electrons. The van der Waals surface area contributed by atoms with Gasteiger partial charge in [-0.2, -0.15) is 0 Å². The number of rotatable bonds is 2. The molecule has 0 bridgehead atoms. The van der Waals surface area contributed by atoms with Crippen LogP contribution in [0.25, 0.3) is 0 Å². The van der Waals surface area contributed by atoms with Crippen molar-refractivity contribution in [3.8, 4) is 5.75 Å². The fourth-order valence-corrected chi connectivity index (χ4v) is 3.72. The third-order valence-corrected chi connectivity index (χ3v) is 4.82. The number of likely N-dealkylation sites (tertiary alicyclic amines) is 1. The minimum atomic E-state index is -0.00993. The number of hydrogen-bond donors (Lipinski definition) is 2. The summed E-state index contributed by atoms with van der Waals surface area (Å²) in [7, 11) is 0. The minimum absolute atomic E-state index is 0.00993. The van der Waals surface area contributed by atoms with Crippen molar-refractivity contribution < 1.29 is 9.90 Å². The highest BCUT2D eigenvalue weighted by atomic mass is 16.3. The van der Waals surface area contributed by atoms with E-state index < -0.39 is 0 Å². The van der Waals surface area contributed by atoms with Gasteiger partial charge in [0, 0.05) is 12.6 Å². The molecule has 0 aliphatic carbocycles. The first-order valence-corrected chi connectivity index (χ1v) is 7.98. The maximum absolute atomic E-state index is 12.8. The summed E-state index contributed by atoms with van der Waals surface area (Å²) in [5, 5.41) is 13.4. The van der Waals surface area contributed by atoms with Crippen molar-refractivity contribution in [1.82, 2.24) is 10.2 Å². The third-order valence-electron chi connectivity index (χ3n) is 4.82. The molecule has 2 saturated heterocycles. The molecule has 2 atom stereocenters. The maximum Gasteiger partial charge on any atom is 0.257 e. The topological polar surface area (TPSA) is 52.6 Å². The Morgan fingerprint density at radius 2 is 2.19 bits per heavy atom. The van der Waals surface area contributed by atoms with Crippen molar-refractivity contribution in [1.29, 1.82) is 0 Å². The Kier molecular flexibility index (Phi) is 4.15. The van der Waals surface area contributed by atoms with Crippen LogP contribution in [0.2, 0.25) is 0 Å². The fraction of sp³-hybridized carbons (Fsp3) is 0.588. The number of nitrogens with one attached hydrogen (secondary N) is 1. The van der Waals surface area contributed by atoms with Gasteiger partial charge in [0.25, 0.3) is 5.91 Å². The zero-order valence-electron chi connectivity index (χ0n) is 12.6. The number of aryl methyl sites for hydroxylation is 1. The van der Waals surface area contributed by atoms with E-state index in [1.807, 2.05) is 17.9 Å². The number of carbonyl (C=O) groups excluding carboxylic acids is 1. The SMILES string of the molecule is Cc1ccc(O)c(C(=O)N2CCCC2C2CCCNC2)c1. The largest absolute Gasteiger partial charge is 0.507 e. The van der Waals surface area contributed by atoms with Crippen LogP contribution in [0.4, 0.5) is 0 Å². The summed E-state index contributed by atoms with van der Waals surface area (Å²) in [6.07, 6.45) is 4.55. The van der Waals surface area contributed by atoms with Gasteiger partial charge in [-0.15, -0.1) is 0 Å². The summed E-state index contributed by atoms with van der Waals surface area (Å²) >= 11 is 0. The van der Waals surface area contributed by atoms with Gasteiger partial charge >= 0.3 is 0 Å². The van der Waals surface area contributed by atoms with E-state index in [2.05, 4.69) is 5.32 Å². The van der Waals surface area contributed by atoms with Crippen LogP contribution in [0.15, 0.2) is 18.2 Å². The monoisotopic (exact) mass is 288 g/mol. The second-order valence-electron chi connectivity index (χ2n) is 6.34. The van der Waals surface area contributed by atoms with Gasteiger partial charge in [0.2, 0.25) is 0 Å². The Balaban J connectivity index is 1.80. The van der Waals surface area contributed by atoms with Crippen molar-refractivity contribution in [2.45, 2.75) is 38.6 Å². The van der Waals surface area contributed by atoms with Gasteiger partial charge in [-0.05, 0) is 63.7 Å². The first kappa shape index (κ1) is 14.4. The van der Waals surface area contributed by atoms with Crippen molar-refractivity contribution >= 4 is 5.91 Å². The number of phenolic OH excluding ortho intramolecular Hbond substituents is 1. The Morgan fingerprint density at radius 1 is 1.33 bits per heavy atom. The number of nitrogens with zero attached hydrogens (tertiary/aromatic N) is 1. The lowest BCUT2D eigenvalue weighted by atomic mass is 9.90. The third kappa shape index (κ3) is 2.91. The van der Waals surface area contributed by atoms with E-state index in [1.54, 1.807) is 12.1 Å². The highest BCUT2D eigenvalue weighted by molar-refractivity contribution is 5.97. The van der Waals surface area contributed by atoms with Crippen LogP contribution in [0.5, 0.6) is 5.75 Å². The van der Waals surface area contributed by atoms with Crippen LogP contribution in [-0.2, 0) is 0 Å². The zero-order chi connectivity index (χ0) is 14.8. The Labute approximate surface area is 126 Å². The van der Waals surface area contributed by atoms with E-state index >= 15 is 0 Å². The lowest BCUT2D eigenvalue weighted by molar-refractivity contribution is 0.0667. The number of phenols is 1. The number of hydrogen-bond acceptors (Lipinski definition) is 3. The Bertz CT molecular complexity index is 524. The number of aromatic hydroxyl groups is 1. The lowest BCUT2D eigenvalue weighted by Crippen LogP contribution is -2.45. The van der Waals surface area contributed by atoms with Gasteiger partial charge in [0.1, 0.15) is 5.75 Å². The molecule has 1 amide bonds. The van der Waals surface area contributed by atoms with Crippen LogP contribution in [0.3, 0.4) is 0 Å². The molecular weight excluding hydrogens is 264 g/mol. The Morgan fingerprint density at radius 3 is 2.95 bits per heavy atom. The molecule has 2 fully saturated rings. The van der Waals surface area contributed by atoms with Gasteiger partial charge in [-0.3, -0.25) is 4.79 Å². The molecule has 0 aromatic heterocycles. The Hall–Kier alpha value is -1.55. The smallest absolute Gasteiger partial charge is 0.257 e. The molecule has 0 radical (unpaired) electrons. The molecule has 4 nitrogen and oxygen atoms in total. The molecule has 21 heavy (non-hydrogen) atoms. The summed E-state index contributed by atoms with van der Waals surface area (Å²) in [5.74, 6) is 0.638. The molecule has 4 heteroatoms. The molecule has 2 aliphatic heterocycles. The first-order valence-electron chi connectivity index (χ1n) is 7.98. The summed E-state index contributed by atoms with van der Waals surface area (Å²) < 4.78 is 0. The first-order chi connectivity index (χ1) is 10.2. The highest BCUT2D eigenvalue weighted by Gasteiger charge is 2.36. The zero-order valence-corrected chi connectivity index (χ0v) is 12.6. The predicted octanol–water partition coefficient (Wildman–Crippen LogP) is 2.30.